The van der Waals surface area contributed by atoms with E-state index in [0.29, 0.717) is 12.2 Å². The van der Waals surface area contributed by atoms with Crippen LogP contribution in [0, 0.1) is 6.92 Å². The molecule has 3 aromatic rings. The van der Waals surface area contributed by atoms with Gasteiger partial charge in [-0.05, 0) is 24.6 Å². The highest BCUT2D eigenvalue weighted by Gasteiger charge is 2.38. The number of rotatable bonds is 5. The first-order valence-corrected chi connectivity index (χ1v) is 10.3. The molecule has 11 heteroatoms. The second kappa shape index (κ2) is 8.22. The Labute approximate surface area is 179 Å². The van der Waals surface area contributed by atoms with Crippen molar-refractivity contribution in [1.82, 2.24) is 19.8 Å². The maximum absolute atomic E-state index is 12.9. The van der Waals surface area contributed by atoms with Crippen molar-refractivity contribution in [3.63, 3.8) is 0 Å². The van der Waals surface area contributed by atoms with E-state index in [0.717, 1.165) is 33.2 Å². The predicted octanol–water partition coefficient (Wildman–Crippen LogP) is 4.21. The Bertz CT molecular complexity index is 1110. The third-order valence-corrected chi connectivity index (χ3v) is 5.84. The first-order valence-electron chi connectivity index (χ1n) is 9.33. The predicted molar refractivity (Wildman–Crippen MR) is 107 cm³/mol. The lowest BCUT2D eigenvalue weighted by Gasteiger charge is -2.19. The van der Waals surface area contributed by atoms with Crippen LogP contribution in [0.4, 0.5) is 13.2 Å². The molecule has 31 heavy (non-hydrogen) atoms. The maximum atomic E-state index is 12.9. The van der Waals surface area contributed by atoms with Gasteiger partial charge in [0.1, 0.15) is 11.8 Å². The average Bonchev–Trinajstić information content (AvgIpc) is 3.45. The molecule has 1 atom stereocenters. The van der Waals surface area contributed by atoms with Crippen molar-refractivity contribution in [2.45, 2.75) is 30.7 Å². The van der Waals surface area contributed by atoms with Crippen LogP contribution in [0.1, 0.15) is 35.2 Å². The summed E-state index contributed by atoms with van der Waals surface area (Å²) in [6.45, 7) is 1.98. The minimum Gasteiger partial charge on any atom is -0.467 e. The van der Waals surface area contributed by atoms with Crippen LogP contribution in [0.3, 0.4) is 0 Å². The van der Waals surface area contributed by atoms with E-state index in [-0.39, 0.29) is 16.8 Å². The molecule has 1 aromatic carbocycles. The molecule has 0 saturated carbocycles. The monoisotopic (exact) mass is 449 g/mol. The fourth-order valence-corrected chi connectivity index (χ4v) is 4.01. The Kier molecular flexibility index (Phi) is 5.61. The molecule has 0 bridgehead atoms. The van der Waals surface area contributed by atoms with Crippen molar-refractivity contribution in [2.75, 3.05) is 5.75 Å². The summed E-state index contributed by atoms with van der Waals surface area (Å²) in [6.07, 6.45) is -2.62. The molecule has 0 radical (unpaired) electrons. The van der Waals surface area contributed by atoms with Gasteiger partial charge in [-0.15, -0.1) is 10.2 Å². The zero-order valence-corrected chi connectivity index (χ0v) is 17.4. The van der Waals surface area contributed by atoms with Crippen molar-refractivity contribution in [3.05, 3.63) is 65.4 Å². The van der Waals surface area contributed by atoms with Crippen molar-refractivity contribution in [3.8, 4) is 0 Å². The van der Waals surface area contributed by atoms with E-state index in [2.05, 4.69) is 15.3 Å². The number of benzene rings is 1. The molecule has 162 valence electrons. The number of amides is 1. The molecule has 1 amide bonds. The molecule has 3 heterocycles. The van der Waals surface area contributed by atoms with Crippen LogP contribution in [0.5, 0.6) is 0 Å². The van der Waals surface area contributed by atoms with Gasteiger partial charge in [0, 0.05) is 13.5 Å². The lowest BCUT2D eigenvalue weighted by molar-refractivity contribution is -0.147. The molecule has 2 aromatic heterocycles. The van der Waals surface area contributed by atoms with Crippen LogP contribution in [0.25, 0.3) is 0 Å². The molecule has 0 saturated heterocycles. The lowest BCUT2D eigenvalue weighted by atomic mass is 10.0. The average molecular weight is 449 g/mol. The molecule has 0 spiro atoms. The normalized spacial score (nSPS) is 16.6. The minimum atomic E-state index is -4.61. The molecule has 7 nitrogen and oxygen atoms in total. The van der Waals surface area contributed by atoms with E-state index in [4.69, 9.17) is 4.42 Å². The van der Waals surface area contributed by atoms with E-state index >= 15 is 0 Å². The number of hydrogen-bond acceptors (Lipinski definition) is 6. The number of hydrazone groups is 1. The quantitative estimate of drug-likeness (QED) is 0.546. The number of halogens is 3. The molecular weight excluding hydrogens is 431 g/mol. The van der Waals surface area contributed by atoms with Gasteiger partial charge in [-0.1, -0.05) is 41.6 Å². The third kappa shape index (κ3) is 4.36. The first-order chi connectivity index (χ1) is 14.7. The first kappa shape index (κ1) is 21.2. The fraction of sp³-hybridized carbons (Fsp3) is 0.300. The zero-order valence-electron chi connectivity index (χ0n) is 16.6. The smallest absolute Gasteiger partial charge is 0.451 e. The van der Waals surface area contributed by atoms with E-state index in [9.17, 15) is 18.0 Å². The summed E-state index contributed by atoms with van der Waals surface area (Å²) >= 11 is 0.875. The van der Waals surface area contributed by atoms with Gasteiger partial charge >= 0.3 is 6.18 Å². The van der Waals surface area contributed by atoms with Crippen LogP contribution in [-0.2, 0) is 18.0 Å². The molecule has 0 N–H and O–H groups in total. The summed E-state index contributed by atoms with van der Waals surface area (Å²) in [5.41, 5.74) is 2.74. The summed E-state index contributed by atoms with van der Waals surface area (Å²) in [4.78, 5) is 12.9. The van der Waals surface area contributed by atoms with Crippen molar-refractivity contribution in [1.29, 1.82) is 0 Å². The molecule has 1 aliphatic rings. The number of thioether (sulfide) groups is 1. The van der Waals surface area contributed by atoms with Crippen LogP contribution >= 0.6 is 11.8 Å². The van der Waals surface area contributed by atoms with E-state index in [1.165, 1.54) is 18.3 Å². The topological polar surface area (TPSA) is 76.5 Å². The highest BCUT2D eigenvalue weighted by molar-refractivity contribution is 7.99. The largest absolute Gasteiger partial charge is 0.467 e. The van der Waals surface area contributed by atoms with Crippen molar-refractivity contribution in [2.24, 2.45) is 12.1 Å². The van der Waals surface area contributed by atoms with Crippen LogP contribution in [0.15, 0.2) is 57.3 Å². The fourth-order valence-electron chi connectivity index (χ4n) is 3.24. The Balaban J connectivity index is 1.54. The molecule has 0 aliphatic carbocycles. The highest BCUT2D eigenvalue weighted by Crippen LogP contribution is 2.34. The number of aromatic nitrogens is 3. The SMILES string of the molecule is Cc1ccc(C2=NN(C(=O)CSc3nnc(C(F)(F)F)n3C)C(c3ccco3)C2)cc1. The lowest BCUT2D eigenvalue weighted by Crippen LogP contribution is -2.28. The third-order valence-electron chi connectivity index (χ3n) is 4.84. The van der Waals surface area contributed by atoms with Crippen molar-refractivity contribution < 1.29 is 22.4 Å². The number of hydrogen-bond donors (Lipinski definition) is 0. The summed E-state index contributed by atoms with van der Waals surface area (Å²) < 4.78 is 45.0. The summed E-state index contributed by atoms with van der Waals surface area (Å²) in [7, 11) is 1.21. The number of aryl methyl sites for hydroxylation is 1. The van der Waals surface area contributed by atoms with E-state index < -0.39 is 18.0 Å². The minimum absolute atomic E-state index is 0.00263. The van der Waals surface area contributed by atoms with E-state index in [1.807, 2.05) is 31.2 Å². The van der Waals surface area contributed by atoms with Gasteiger partial charge in [-0.25, -0.2) is 5.01 Å². The van der Waals surface area contributed by atoms with Crippen LogP contribution in [0.2, 0.25) is 0 Å². The molecular formula is C20H18F3N5O2S. The second-order valence-corrected chi connectivity index (χ2v) is 7.98. The Morgan fingerprint density at radius 1 is 1.23 bits per heavy atom. The number of carbonyl (C=O) groups is 1. The van der Waals surface area contributed by atoms with Gasteiger partial charge < -0.3 is 8.98 Å². The Hall–Kier alpha value is -3.08. The number of carbonyl (C=O) groups excluding carboxylic acids is 1. The Morgan fingerprint density at radius 2 is 1.97 bits per heavy atom. The molecule has 1 unspecified atom stereocenters. The van der Waals surface area contributed by atoms with E-state index in [1.54, 1.807) is 12.1 Å². The van der Waals surface area contributed by atoms with Crippen molar-refractivity contribution >= 4 is 23.4 Å². The second-order valence-electron chi connectivity index (χ2n) is 7.04. The number of nitrogens with zero attached hydrogens (tertiary/aromatic N) is 5. The van der Waals surface area contributed by atoms with Crippen LogP contribution < -0.4 is 0 Å². The van der Waals surface area contributed by atoms with Gasteiger partial charge in [0.05, 0.1) is 17.7 Å². The van der Waals surface area contributed by atoms with Gasteiger partial charge in [-0.2, -0.15) is 18.3 Å². The van der Waals surface area contributed by atoms with Gasteiger partial charge in [-0.3, -0.25) is 4.79 Å². The standard InChI is InChI=1S/C20H18F3N5O2S/c1-12-5-7-13(8-6-12)14-10-15(16-4-3-9-30-16)28(26-14)17(29)11-31-19-25-24-18(27(19)2)20(21,22)23/h3-9,15H,10-11H2,1-2H3. The molecule has 0 fully saturated rings. The van der Waals surface area contributed by atoms with Gasteiger partial charge in [0.15, 0.2) is 5.16 Å². The van der Waals surface area contributed by atoms with Gasteiger partial charge in [0.25, 0.3) is 5.91 Å². The number of furan rings is 1. The zero-order chi connectivity index (χ0) is 22.2. The maximum Gasteiger partial charge on any atom is 0.451 e. The van der Waals surface area contributed by atoms with Crippen LogP contribution in [-0.4, -0.2) is 37.1 Å². The summed E-state index contributed by atoms with van der Waals surface area (Å²) in [5, 5.41) is 12.6. The molecule has 1 aliphatic heterocycles. The van der Waals surface area contributed by atoms with Gasteiger partial charge in [0.2, 0.25) is 5.82 Å². The summed E-state index contributed by atoms with van der Waals surface area (Å²) in [5.74, 6) is -1.05. The molecule has 4 rings (SSSR count). The highest BCUT2D eigenvalue weighted by atomic mass is 32.2. The number of alkyl halides is 3. The summed E-state index contributed by atoms with van der Waals surface area (Å²) in [6, 6.07) is 10.9. The Morgan fingerprint density at radius 3 is 2.58 bits per heavy atom.